The summed E-state index contributed by atoms with van der Waals surface area (Å²) in [6, 6.07) is 14.7. The van der Waals surface area contributed by atoms with Gasteiger partial charge in [-0.05, 0) is 11.6 Å². The van der Waals surface area contributed by atoms with E-state index in [1.165, 1.54) is 36.1 Å². The Hall–Kier alpha value is -3.75. The van der Waals surface area contributed by atoms with Gasteiger partial charge in [0.15, 0.2) is 5.78 Å². The lowest BCUT2D eigenvalue weighted by Gasteiger charge is -2.21. The number of carbonyl (C=O) groups excluding carboxylic acids is 3. The molecular formula is C21H22N2O7. The quantitative estimate of drug-likeness (QED) is 0.253. The Morgan fingerprint density at radius 2 is 1.63 bits per heavy atom. The molecule has 0 spiro atoms. The van der Waals surface area contributed by atoms with Crippen molar-refractivity contribution in [1.29, 1.82) is 0 Å². The van der Waals surface area contributed by atoms with E-state index in [-0.39, 0.29) is 44.0 Å². The number of rotatable bonds is 10. The summed E-state index contributed by atoms with van der Waals surface area (Å²) in [5.74, 6) is -0.973. The Balaban J connectivity index is 2.01. The van der Waals surface area contributed by atoms with Crippen LogP contribution in [0.1, 0.15) is 29.3 Å². The molecule has 9 heteroatoms. The Morgan fingerprint density at radius 1 is 0.967 bits per heavy atom. The van der Waals surface area contributed by atoms with Crippen molar-refractivity contribution in [3.05, 3.63) is 75.8 Å². The van der Waals surface area contributed by atoms with E-state index in [0.717, 1.165) is 5.56 Å². The average molecular weight is 414 g/mol. The van der Waals surface area contributed by atoms with Crippen LogP contribution in [0.2, 0.25) is 0 Å². The predicted molar refractivity (Wildman–Crippen MR) is 107 cm³/mol. The second-order valence-corrected chi connectivity index (χ2v) is 6.31. The van der Waals surface area contributed by atoms with Gasteiger partial charge in [0.25, 0.3) is 5.69 Å². The third-order valence-corrected chi connectivity index (χ3v) is 4.14. The van der Waals surface area contributed by atoms with Gasteiger partial charge in [0, 0.05) is 26.0 Å². The molecule has 0 aliphatic carbocycles. The van der Waals surface area contributed by atoms with Gasteiger partial charge in [-0.2, -0.15) is 0 Å². The predicted octanol–water partition coefficient (Wildman–Crippen LogP) is 3.37. The average Bonchev–Trinajstić information content (AvgIpc) is 2.74. The second kappa shape index (κ2) is 11.3. The minimum absolute atomic E-state index is 0.0252. The van der Waals surface area contributed by atoms with Crippen LogP contribution in [-0.2, 0) is 20.9 Å². The van der Waals surface area contributed by atoms with Gasteiger partial charge in [-0.25, -0.2) is 4.79 Å². The van der Waals surface area contributed by atoms with Crippen LogP contribution in [0.3, 0.4) is 0 Å². The van der Waals surface area contributed by atoms with Crippen molar-refractivity contribution in [3.63, 3.8) is 0 Å². The van der Waals surface area contributed by atoms with Crippen molar-refractivity contribution in [3.8, 4) is 0 Å². The molecule has 9 nitrogen and oxygen atoms in total. The zero-order chi connectivity index (χ0) is 21.9. The summed E-state index contributed by atoms with van der Waals surface area (Å²) in [5, 5.41) is 11.1. The van der Waals surface area contributed by atoms with E-state index >= 15 is 0 Å². The summed E-state index contributed by atoms with van der Waals surface area (Å²) in [5.41, 5.74) is 0.475. The summed E-state index contributed by atoms with van der Waals surface area (Å²) in [6.07, 6.45) is -0.827. The van der Waals surface area contributed by atoms with Crippen molar-refractivity contribution in [2.24, 2.45) is 0 Å². The van der Waals surface area contributed by atoms with E-state index in [0.29, 0.717) is 0 Å². The van der Waals surface area contributed by atoms with Crippen LogP contribution in [-0.4, -0.2) is 47.4 Å². The zero-order valence-corrected chi connectivity index (χ0v) is 16.5. The fourth-order valence-electron chi connectivity index (χ4n) is 2.64. The minimum atomic E-state index is -0.679. The third kappa shape index (κ3) is 7.01. The van der Waals surface area contributed by atoms with Crippen LogP contribution >= 0.6 is 0 Å². The number of carbonyl (C=O) groups is 3. The summed E-state index contributed by atoms with van der Waals surface area (Å²) >= 11 is 0. The number of nitrogens with zero attached hydrogens (tertiary/aromatic N) is 2. The SMILES string of the molecule is CC(=O)OCCN(CCC(=O)c1ccccc1[N+](=O)[O-])C(=O)OCc1ccccc1. The van der Waals surface area contributed by atoms with E-state index < -0.39 is 22.8 Å². The highest BCUT2D eigenvalue weighted by Crippen LogP contribution is 2.19. The number of hydrogen-bond donors (Lipinski definition) is 0. The van der Waals surface area contributed by atoms with E-state index in [1.807, 2.05) is 18.2 Å². The van der Waals surface area contributed by atoms with Crippen molar-refractivity contribution in [2.45, 2.75) is 20.0 Å². The number of para-hydroxylation sites is 1. The molecule has 158 valence electrons. The molecule has 0 saturated heterocycles. The molecule has 2 aromatic carbocycles. The maximum absolute atomic E-state index is 12.5. The zero-order valence-electron chi connectivity index (χ0n) is 16.5. The minimum Gasteiger partial charge on any atom is -0.464 e. The normalized spacial score (nSPS) is 10.2. The molecule has 0 aromatic heterocycles. The number of benzene rings is 2. The van der Waals surface area contributed by atoms with Gasteiger partial charge in [0.05, 0.1) is 17.0 Å². The lowest BCUT2D eigenvalue weighted by molar-refractivity contribution is -0.385. The smallest absolute Gasteiger partial charge is 0.410 e. The molecular weight excluding hydrogens is 392 g/mol. The van der Waals surface area contributed by atoms with Gasteiger partial charge in [0.1, 0.15) is 13.2 Å². The standard InChI is InChI=1S/C21H22N2O7/c1-16(24)29-14-13-22(21(26)30-15-17-7-3-2-4-8-17)12-11-20(25)18-9-5-6-10-19(18)23(27)28/h2-10H,11-15H2,1H3. The second-order valence-electron chi connectivity index (χ2n) is 6.31. The van der Waals surface area contributed by atoms with E-state index in [4.69, 9.17) is 9.47 Å². The molecule has 0 saturated carbocycles. The van der Waals surface area contributed by atoms with E-state index in [2.05, 4.69) is 0 Å². The van der Waals surface area contributed by atoms with Gasteiger partial charge in [-0.3, -0.25) is 19.7 Å². The lowest BCUT2D eigenvalue weighted by Crippen LogP contribution is -2.36. The highest BCUT2D eigenvalue weighted by atomic mass is 16.6. The largest absolute Gasteiger partial charge is 0.464 e. The van der Waals surface area contributed by atoms with Gasteiger partial charge >= 0.3 is 12.1 Å². The Bertz CT molecular complexity index is 899. The van der Waals surface area contributed by atoms with Gasteiger partial charge in [0.2, 0.25) is 0 Å². The molecule has 30 heavy (non-hydrogen) atoms. The van der Waals surface area contributed by atoms with Crippen LogP contribution in [0.4, 0.5) is 10.5 Å². The van der Waals surface area contributed by atoms with Crippen LogP contribution < -0.4 is 0 Å². The first-order valence-electron chi connectivity index (χ1n) is 9.24. The molecule has 0 aliphatic heterocycles. The number of hydrogen-bond acceptors (Lipinski definition) is 7. The summed E-state index contributed by atoms with van der Waals surface area (Å²) in [4.78, 5) is 47.7. The third-order valence-electron chi connectivity index (χ3n) is 4.14. The molecule has 0 bridgehead atoms. The number of esters is 1. The number of ether oxygens (including phenoxy) is 2. The fraction of sp³-hybridized carbons (Fsp3) is 0.286. The first kappa shape index (κ1) is 22.5. The number of nitro groups is 1. The lowest BCUT2D eigenvalue weighted by atomic mass is 10.1. The van der Waals surface area contributed by atoms with E-state index in [1.54, 1.807) is 12.1 Å². The maximum atomic E-state index is 12.5. The van der Waals surface area contributed by atoms with Crippen LogP contribution in [0.25, 0.3) is 0 Å². The Kier molecular flexibility index (Phi) is 8.49. The fourth-order valence-corrected chi connectivity index (χ4v) is 2.64. The molecule has 0 fully saturated rings. The van der Waals surface area contributed by atoms with E-state index in [9.17, 15) is 24.5 Å². The maximum Gasteiger partial charge on any atom is 0.410 e. The topological polar surface area (TPSA) is 116 Å². The first-order valence-corrected chi connectivity index (χ1v) is 9.24. The van der Waals surface area contributed by atoms with Crippen molar-refractivity contribution in [1.82, 2.24) is 4.90 Å². The summed E-state index contributed by atoms with van der Waals surface area (Å²) in [7, 11) is 0. The first-order chi connectivity index (χ1) is 14.4. The Morgan fingerprint density at radius 3 is 2.30 bits per heavy atom. The van der Waals surface area contributed by atoms with Gasteiger partial charge in [-0.15, -0.1) is 0 Å². The number of Topliss-reactive ketones (excluding diaryl/α,β-unsaturated/α-hetero) is 1. The molecule has 0 heterocycles. The van der Waals surface area contributed by atoms with Crippen LogP contribution in [0.15, 0.2) is 54.6 Å². The molecule has 2 rings (SSSR count). The summed E-state index contributed by atoms with van der Waals surface area (Å²) < 4.78 is 10.1. The van der Waals surface area contributed by atoms with Crippen molar-refractivity contribution >= 4 is 23.5 Å². The number of amides is 1. The molecule has 0 unspecified atom stereocenters. The highest BCUT2D eigenvalue weighted by molar-refractivity contribution is 6.00. The molecule has 0 aliphatic rings. The van der Waals surface area contributed by atoms with Gasteiger partial charge in [-0.1, -0.05) is 42.5 Å². The molecule has 2 aromatic rings. The highest BCUT2D eigenvalue weighted by Gasteiger charge is 2.22. The van der Waals surface area contributed by atoms with Gasteiger partial charge < -0.3 is 14.4 Å². The van der Waals surface area contributed by atoms with Crippen molar-refractivity contribution < 1.29 is 28.8 Å². The Labute approximate surface area is 173 Å². The molecule has 0 radical (unpaired) electrons. The van der Waals surface area contributed by atoms with Crippen LogP contribution in [0.5, 0.6) is 0 Å². The molecule has 0 N–H and O–H groups in total. The monoisotopic (exact) mass is 414 g/mol. The number of ketones is 1. The van der Waals surface area contributed by atoms with Crippen molar-refractivity contribution in [2.75, 3.05) is 19.7 Å². The van der Waals surface area contributed by atoms with Crippen LogP contribution in [0, 0.1) is 10.1 Å². The number of nitro benzene ring substituents is 1. The molecule has 0 atom stereocenters. The summed E-state index contributed by atoms with van der Waals surface area (Å²) in [6.45, 7) is 1.21. The molecule has 1 amide bonds.